The van der Waals surface area contributed by atoms with Gasteiger partial charge in [-0.3, -0.25) is 0 Å². The van der Waals surface area contributed by atoms with Gasteiger partial charge < -0.3 is 29.2 Å². The molecular formula is C21H26O6. The van der Waals surface area contributed by atoms with Crippen LogP contribution in [0.1, 0.15) is 24.2 Å². The maximum atomic E-state index is 10.7. The number of rotatable bonds is 9. The second kappa shape index (κ2) is 9.19. The van der Waals surface area contributed by atoms with Crippen molar-refractivity contribution in [2.45, 2.75) is 25.6 Å². The quantitative estimate of drug-likeness (QED) is 0.653. The third kappa shape index (κ3) is 4.65. The Labute approximate surface area is 159 Å². The van der Waals surface area contributed by atoms with Crippen molar-refractivity contribution in [2.24, 2.45) is 0 Å². The third-order valence-corrected chi connectivity index (χ3v) is 4.19. The molecule has 2 aromatic rings. The van der Waals surface area contributed by atoms with Gasteiger partial charge in [0.1, 0.15) is 12.2 Å². The van der Waals surface area contributed by atoms with Crippen LogP contribution in [0.4, 0.5) is 0 Å². The summed E-state index contributed by atoms with van der Waals surface area (Å²) in [4.78, 5) is 0. The molecule has 0 heterocycles. The molecule has 146 valence electrons. The number of aromatic hydroxyl groups is 1. The average Bonchev–Trinajstić information content (AvgIpc) is 2.68. The van der Waals surface area contributed by atoms with Gasteiger partial charge in [0, 0.05) is 0 Å². The van der Waals surface area contributed by atoms with E-state index in [2.05, 4.69) is 6.58 Å². The van der Waals surface area contributed by atoms with Gasteiger partial charge >= 0.3 is 0 Å². The van der Waals surface area contributed by atoms with Crippen LogP contribution in [0.5, 0.6) is 28.7 Å². The minimum Gasteiger partial charge on any atom is -0.504 e. The van der Waals surface area contributed by atoms with Gasteiger partial charge in [-0.1, -0.05) is 12.1 Å². The SMILES string of the molecule is C=CCc1cc(OC)c(O[C@@H](C)[C@@H](O)c2ccc(O)c(OC)c2)c(OC)c1. The van der Waals surface area contributed by atoms with Crippen molar-refractivity contribution in [3.63, 3.8) is 0 Å². The van der Waals surface area contributed by atoms with Crippen molar-refractivity contribution in [3.05, 3.63) is 54.1 Å². The summed E-state index contributed by atoms with van der Waals surface area (Å²) >= 11 is 0. The molecule has 0 saturated carbocycles. The first-order chi connectivity index (χ1) is 12.9. The molecule has 0 aromatic heterocycles. The van der Waals surface area contributed by atoms with E-state index in [0.717, 1.165) is 5.56 Å². The zero-order valence-corrected chi connectivity index (χ0v) is 16.1. The van der Waals surface area contributed by atoms with Crippen molar-refractivity contribution in [2.75, 3.05) is 21.3 Å². The fourth-order valence-corrected chi connectivity index (χ4v) is 2.73. The number of allylic oxidation sites excluding steroid dienone is 1. The lowest BCUT2D eigenvalue weighted by Gasteiger charge is -2.24. The van der Waals surface area contributed by atoms with Gasteiger partial charge in [-0.15, -0.1) is 6.58 Å². The Hall–Kier alpha value is -2.86. The summed E-state index contributed by atoms with van der Waals surface area (Å²) in [6, 6.07) is 8.35. The molecule has 0 spiro atoms. The summed E-state index contributed by atoms with van der Waals surface area (Å²) in [5.74, 6) is 1.71. The monoisotopic (exact) mass is 374 g/mol. The molecule has 6 heteroatoms. The molecule has 2 rings (SSSR count). The van der Waals surface area contributed by atoms with Crippen molar-refractivity contribution < 1.29 is 29.2 Å². The molecule has 0 saturated heterocycles. The van der Waals surface area contributed by atoms with Gasteiger partial charge in [-0.2, -0.15) is 0 Å². The summed E-state index contributed by atoms with van der Waals surface area (Å²) in [5.41, 5.74) is 1.53. The highest BCUT2D eigenvalue weighted by Gasteiger charge is 2.23. The summed E-state index contributed by atoms with van der Waals surface area (Å²) in [6.07, 6.45) is 0.881. The van der Waals surface area contributed by atoms with E-state index in [0.29, 0.717) is 29.2 Å². The number of hydrogen-bond acceptors (Lipinski definition) is 6. The molecule has 0 amide bonds. The molecule has 0 aliphatic rings. The molecule has 0 unspecified atom stereocenters. The van der Waals surface area contributed by atoms with E-state index in [1.807, 2.05) is 12.1 Å². The molecule has 2 atom stereocenters. The Morgan fingerprint density at radius 2 is 1.59 bits per heavy atom. The fourth-order valence-electron chi connectivity index (χ4n) is 2.73. The molecular weight excluding hydrogens is 348 g/mol. The number of aliphatic hydroxyl groups excluding tert-OH is 1. The first-order valence-corrected chi connectivity index (χ1v) is 8.52. The Bertz CT molecular complexity index is 761. The van der Waals surface area contributed by atoms with E-state index >= 15 is 0 Å². The van der Waals surface area contributed by atoms with Crippen LogP contribution in [-0.2, 0) is 6.42 Å². The maximum absolute atomic E-state index is 10.7. The number of benzene rings is 2. The van der Waals surface area contributed by atoms with E-state index in [-0.39, 0.29) is 11.5 Å². The number of phenolic OH excluding ortho intramolecular Hbond substituents is 1. The number of phenols is 1. The normalized spacial score (nSPS) is 12.8. The Morgan fingerprint density at radius 1 is 1.00 bits per heavy atom. The third-order valence-electron chi connectivity index (χ3n) is 4.19. The molecule has 2 aromatic carbocycles. The number of hydrogen-bond donors (Lipinski definition) is 2. The zero-order chi connectivity index (χ0) is 20.0. The van der Waals surface area contributed by atoms with Crippen LogP contribution in [0, 0.1) is 0 Å². The second-order valence-corrected chi connectivity index (χ2v) is 6.02. The molecule has 0 radical (unpaired) electrons. The van der Waals surface area contributed by atoms with E-state index in [9.17, 15) is 10.2 Å². The topological polar surface area (TPSA) is 77.4 Å². The molecule has 0 aliphatic carbocycles. The largest absolute Gasteiger partial charge is 0.504 e. The van der Waals surface area contributed by atoms with Crippen molar-refractivity contribution in [1.29, 1.82) is 0 Å². The van der Waals surface area contributed by atoms with Crippen molar-refractivity contribution >= 4 is 0 Å². The van der Waals surface area contributed by atoms with E-state index in [1.54, 1.807) is 39.4 Å². The molecule has 2 N–H and O–H groups in total. The molecule has 6 nitrogen and oxygen atoms in total. The van der Waals surface area contributed by atoms with E-state index in [1.165, 1.54) is 13.2 Å². The Balaban J connectivity index is 2.30. The van der Waals surface area contributed by atoms with Crippen LogP contribution >= 0.6 is 0 Å². The second-order valence-electron chi connectivity index (χ2n) is 6.02. The minimum atomic E-state index is -0.957. The minimum absolute atomic E-state index is 0.00293. The van der Waals surface area contributed by atoms with E-state index < -0.39 is 12.2 Å². The standard InChI is InChI=1S/C21H26O6/c1-6-7-14-10-18(25-4)21(19(11-14)26-5)27-13(2)20(23)15-8-9-16(22)17(12-15)24-3/h6,8-13,20,22-23H,1,7H2,2-5H3/t13-,20+/m0/s1. The van der Waals surface area contributed by atoms with Gasteiger partial charge in [0.25, 0.3) is 0 Å². The van der Waals surface area contributed by atoms with Gasteiger partial charge in [0.2, 0.25) is 5.75 Å². The summed E-state index contributed by atoms with van der Waals surface area (Å²) in [5, 5.41) is 20.4. The molecule has 27 heavy (non-hydrogen) atoms. The van der Waals surface area contributed by atoms with Gasteiger partial charge in [-0.25, -0.2) is 0 Å². The molecule has 0 fully saturated rings. The lowest BCUT2D eigenvalue weighted by atomic mass is 10.0. The molecule has 0 bridgehead atoms. The van der Waals surface area contributed by atoms with Crippen LogP contribution < -0.4 is 18.9 Å². The van der Waals surface area contributed by atoms with Gasteiger partial charge in [0.15, 0.2) is 23.0 Å². The van der Waals surface area contributed by atoms with Crippen LogP contribution in [0.15, 0.2) is 43.0 Å². The predicted molar refractivity (Wildman–Crippen MR) is 103 cm³/mol. The Kier molecular flexibility index (Phi) is 6.96. The number of ether oxygens (including phenoxy) is 4. The van der Waals surface area contributed by atoms with Crippen molar-refractivity contribution in [1.82, 2.24) is 0 Å². The highest BCUT2D eigenvalue weighted by Crippen LogP contribution is 2.41. The number of aliphatic hydroxyl groups is 1. The highest BCUT2D eigenvalue weighted by molar-refractivity contribution is 5.54. The first kappa shape index (κ1) is 20.5. The van der Waals surface area contributed by atoms with Gasteiger partial charge in [0.05, 0.1) is 21.3 Å². The van der Waals surface area contributed by atoms with Crippen LogP contribution in [0.25, 0.3) is 0 Å². The van der Waals surface area contributed by atoms with Crippen LogP contribution in [0.2, 0.25) is 0 Å². The first-order valence-electron chi connectivity index (χ1n) is 8.52. The maximum Gasteiger partial charge on any atom is 0.203 e. The zero-order valence-electron chi connectivity index (χ0n) is 16.1. The van der Waals surface area contributed by atoms with Crippen LogP contribution in [-0.4, -0.2) is 37.6 Å². The highest BCUT2D eigenvalue weighted by atomic mass is 16.5. The Morgan fingerprint density at radius 3 is 2.11 bits per heavy atom. The van der Waals surface area contributed by atoms with Crippen LogP contribution in [0.3, 0.4) is 0 Å². The van der Waals surface area contributed by atoms with Crippen molar-refractivity contribution in [3.8, 4) is 28.7 Å². The summed E-state index contributed by atoms with van der Waals surface area (Å²) in [6.45, 7) is 5.48. The summed E-state index contributed by atoms with van der Waals surface area (Å²) < 4.78 is 22.0. The van der Waals surface area contributed by atoms with Gasteiger partial charge in [-0.05, 0) is 48.7 Å². The lowest BCUT2D eigenvalue weighted by molar-refractivity contribution is 0.0433. The predicted octanol–water partition coefficient (Wildman–Crippen LogP) is 3.65. The average molecular weight is 374 g/mol. The fraction of sp³-hybridized carbons (Fsp3) is 0.333. The number of methoxy groups -OCH3 is 3. The lowest BCUT2D eigenvalue weighted by Crippen LogP contribution is -2.22. The molecule has 0 aliphatic heterocycles. The van der Waals surface area contributed by atoms with E-state index in [4.69, 9.17) is 18.9 Å². The smallest absolute Gasteiger partial charge is 0.203 e. The summed E-state index contributed by atoms with van der Waals surface area (Å²) in [7, 11) is 4.54.